The fourth-order valence-corrected chi connectivity index (χ4v) is 1.90. The topological polar surface area (TPSA) is 72.5 Å². The molecule has 0 aliphatic carbocycles. The Kier molecular flexibility index (Phi) is 4.14. The molecule has 2 rings (SSSR count). The predicted octanol–water partition coefficient (Wildman–Crippen LogP) is 2.57. The van der Waals surface area contributed by atoms with Gasteiger partial charge < -0.3 is 10.5 Å². The second-order valence-corrected chi connectivity index (χ2v) is 4.31. The first-order chi connectivity index (χ1) is 8.78. The van der Waals surface area contributed by atoms with Crippen LogP contribution in [0.25, 0.3) is 0 Å². The highest BCUT2D eigenvalue weighted by Crippen LogP contribution is 2.16. The zero-order valence-electron chi connectivity index (χ0n) is 9.96. The van der Waals surface area contributed by atoms with E-state index in [9.17, 15) is 0 Å². The Bertz CT molecular complexity index is 538. The lowest BCUT2D eigenvalue weighted by Crippen LogP contribution is -1.93. The van der Waals surface area contributed by atoms with Crippen LogP contribution in [0.3, 0.4) is 0 Å². The number of aromatic nitrogens is 1. The summed E-state index contributed by atoms with van der Waals surface area (Å²) in [7, 11) is 0. The molecule has 0 bridgehead atoms. The zero-order valence-corrected chi connectivity index (χ0v) is 10.8. The standard InChI is InChI=1S/C12H14N4OS/c1-2-17-10-5-3-4-9(6-10)7-14-16-12-15-11(13)8-18-12/h3-8H,2,13H2,1H3,(H,15,16). The van der Waals surface area contributed by atoms with Gasteiger partial charge in [0.05, 0.1) is 12.8 Å². The zero-order chi connectivity index (χ0) is 12.8. The van der Waals surface area contributed by atoms with E-state index >= 15 is 0 Å². The maximum Gasteiger partial charge on any atom is 0.205 e. The Hall–Kier alpha value is -2.08. The number of nitrogens with two attached hydrogens (primary N) is 1. The monoisotopic (exact) mass is 262 g/mol. The van der Waals surface area contributed by atoms with Crippen molar-refractivity contribution in [3.63, 3.8) is 0 Å². The summed E-state index contributed by atoms with van der Waals surface area (Å²) >= 11 is 1.41. The molecule has 3 N–H and O–H groups in total. The molecule has 1 aromatic carbocycles. The summed E-state index contributed by atoms with van der Waals surface area (Å²) in [5.74, 6) is 1.33. The number of anilines is 2. The second kappa shape index (κ2) is 6.02. The summed E-state index contributed by atoms with van der Waals surface area (Å²) in [6.45, 7) is 2.60. The number of nitrogens with one attached hydrogen (secondary N) is 1. The molecule has 18 heavy (non-hydrogen) atoms. The SMILES string of the molecule is CCOc1cccc(C=NNc2nc(N)cs2)c1. The van der Waals surface area contributed by atoms with Gasteiger partial charge in [-0.3, -0.25) is 5.43 Å². The first kappa shape index (κ1) is 12.4. The number of hydrazone groups is 1. The normalized spacial score (nSPS) is 10.7. The minimum Gasteiger partial charge on any atom is -0.494 e. The first-order valence-corrected chi connectivity index (χ1v) is 6.39. The van der Waals surface area contributed by atoms with Gasteiger partial charge in [0.15, 0.2) is 0 Å². The third-order valence-corrected chi connectivity index (χ3v) is 2.83. The lowest BCUT2D eigenvalue weighted by Gasteiger charge is -2.02. The molecule has 0 aliphatic heterocycles. The molecule has 0 saturated carbocycles. The fourth-order valence-electron chi connectivity index (χ4n) is 1.35. The number of thiazole rings is 1. The molecule has 0 aliphatic rings. The minimum atomic E-state index is 0.496. The molecule has 0 radical (unpaired) electrons. The van der Waals surface area contributed by atoms with Crippen LogP contribution in [0.2, 0.25) is 0 Å². The van der Waals surface area contributed by atoms with Crippen molar-refractivity contribution in [1.29, 1.82) is 0 Å². The summed E-state index contributed by atoms with van der Waals surface area (Å²) in [5, 5.41) is 6.52. The van der Waals surface area contributed by atoms with Crippen LogP contribution in [0, 0.1) is 0 Å². The van der Waals surface area contributed by atoms with Crippen LogP contribution in [0.5, 0.6) is 5.75 Å². The molecular formula is C12H14N4OS. The highest BCUT2D eigenvalue weighted by molar-refractivity contribution is 7.14. The van der Waals surface area contributed by atoms with Crippen LogP contribution in [-0.4, -0.2) is 17.8 Å². The van der Waals surface area contributed by atoms with E-state index in [1.54, 1.807) is 11.6 Å². The lowest BCUT2D eigenvalue weighted by molar-refractivity contribution is 0.340. The molecule has 0 saturated heterocycles. The van der Waals surface area contributed by atoms with Gasteiger partial charge in [-0.25, -0.2) is 4.98 Å². The third-order valence-electron chi connectivity index (χ3n) is 2.06. The summed E-state index contributed by atoms with van der Waals surface area (Å²) in [6.07, 6.45) is 1.71. The largest absolute Gasteiger partial charge is 0.494 e. The second-order valence-electron chi connectivity index (χ2n) is 3.45. The van der Waals surface area contributed by atoms with Crippen molar-refractivity contribution in [2.45, 2.75) is 6.92 Å². The molecule has 6 heteroatoms. The number of hydrogen-bond donors (Lipinski definition) is 2. The van der Waals surface area contributed by atoms with Gasteiger partial charge in [-0.05, 0) is 24.6 Å². The number of nitrogen functional groups attached to an aromatic ring is 1. The molecule has 2 aromatic rings. The molecular weight excluding hydrogens is 248 g/mol. The number of hydrogen-bond acceptors (Lipinski definition) is 6. The van der Waals surface area contributed by atoms with E-state index in [1.165, 1.54) is 11.3 Å². The van der Waals surface area contributed by atoms with Gasteiger partial charge >= 0.3 is 0 Å². The summed E-state index contributed by atoms with van der Waals surface area (Å²) < 4.78 is 5.41. The van der Waals surface area contributed by atoms with Gasteiger partial charge in [-0.1, -0.05) is 12.1 Å². The van der Waals surface area contributed by atoms with Gasteiger partial charge in [0, 0.05) is 5.38 Å². The third kappa shape index (κ3) is 3.46. The minimum absolute atomic E-state index is 0.496. The van der Waals surface area contributed by atoms with Crippen LogP contribution in [0.4, 0.5) is 10.9 Å². The van der Waals surface area contributed by atoms with Crippen molar-refractivity contribution in [3.05, 3.63) is 35.2 Å². The number of ether oxygens (including phenoxy) is 1. The molecule has 1 aromatic heterocycles. The van der Waals surface area contributed by atoms with Crippen LogP contribution in [0.1, 0.15) is 12.5 Å². The van der Waals surface area contributed by atoms with Crippen molar-refractivity contribution < 1.29 is 4.74 Å². The highest BCUT2D eigenvalue weighted by Gasteiger charge is 1.96. The summed E-state index contributed by atoms with van der Waals surface area (Å²) in [4.78, 5) is 4.04. The smallest absolute Gasteiger partial charge is 0.205 e. The van der Waals surface area contributed by atoms with E-state index in [1.807, 2.05) is 31.2 Å². The Morgan fingerprint density at radius 1 is 1.56 bits per heavy atom. The molecule has 0 amide bonds. The van der Waals surface area contributed by atoms with Gasteiger partial charge in [0.25, 0.3) is 0 Å². The average Bonchev–Trinajstić information content (AvgIpc) is 2.76. The Labute approximate surface area is 109 Å². The van der Waals surface area contributed by atoms with Gasteiger partial charge in [-0.2, -0.15) is 5.10 Å². The van der Waals surface area contributed by atoms with Crippen LogP contribution in [-0.2, 0) is 0 Å². The molecule has 5 nitrogen and oxygen atoms in total. The quantitative estimate of drug-likeness (QED) is 0.641. The first-order valence-electron chi connectivity index (χ1n) is 5.51. The predicted molar refractivity (Wildman–Crippen MR) is 75.4 cm³/mol. The summed E-state index contributed by atoms with van der Waals surface area (Å²) in [6, 6.07) is 7.71. The van der Waals surface area contributed by atoms with Gasteiger partial charge in [0.2, 0.25) is 5.13 Å². The maximum absolute atomic E-state index is 5.51. The van der Waals surface area contributed by atoms with E-state index in [2.05, 4.69) is 15.5 Å². The van der Waals surface area contributed by atoms with Crippen molar-refractivity contribution in [1.82, 2.24) is 4.98 Å². The Balaban J connectivity index is 1.98. The maximum atomic E-state index is 5.51. The lowest BCUT2D eigenvalue weighted by atomic mass is 10.2. The van der Waals surface area contributed by atoms with E-state index < -0.39 is 0 Å². The fraction of sp³-hybridized carbons (Fsp3) is 0.167. The number of rotatable bonds is 5. The van der Waals surface area contributed by atoms with E-state index in [0.29, 0.717) is 17.6 Å². The summed E-state index contributed by atoms with van der Waals surface area (Å²) in [5.41, 5.74) is 9.28. The van der Waals surface area contributed by atoms with Crippen molar-refractivity contribution >= 4 is 28.5 Å². The molecule has 94 valence electrons. The van der Waals surface area contributed by atoms with E-state index in [0.717, 1.165) is 11.3 Å². The van der Waals surface area contributed by atoms with Gasteiger partial charge in [-0.15, -0.1) is 11.3 Å². The molecule has 0 unspecified atom stereocenters. The van der Waals surface area contributed by atoms with Crippen molar-refractivity contribution in [3.8, 4) is 5.75 Å². The van der Waals surface area contributed by atoms with Crippen molar-refractivity contribution in [2.24, 2.45) is 5.10 Å². The molecule has 0 atom stereocenters. The molecule has 1 heterocycles. The Morgan fingerprint density at radius 3 is 3.17 bits per heavy atom. The highest BCUT2D eigenvalue weighted by atomic mass is 32.1. The van der Waals surface area contributed by atoms with Crippen LogP contribution < -0.4 is 15.9 Å². The molecule has 0 fully saturated rings. The van der Waals surface area contributed by atoms with E-state index in [4.69, 9.17) is 10.5 Å². The van der Waals surface area contributed by atoms with Gasteiger partial charge in [0.1, 0.15) is 11.6 Å². The average molecular weight is 262 g/mol. The van der Waals surface area contributed by atoms with Crippen molar-refractivity contribution in [2.75, 3.05) is 17.8 Å². The Morgan fingerprint density at radius 2 is 2.44 bits per heavy atom. The number of benzene rings is 1. The van der Waals surface area contributed by atoms with Crippen LogP contribution in [0.15, 0.2) is 34.7 Å². The van der Waals surface area contributed by atoms with E-state index in [-0.39, 0.29) is 0 Å². The number of nitrogens with zero attached hydrogens (tertiary/aromatic N) is 2. The van der Waals surface area contributed by atoms with Crippen LogP contribution >= 0.6 is 11.3 Å². The molecule has 0 spiro atoms.